The van der Waals surface area contributed by atoms with Crippen LogP contribution in [-0.2, 0) is 6.42 Å². The summed E-state index contributed by atoms with van der Waals surface area (Å²) in [6.45, 7) is 8.27. The fraction of sp³-hybridized carbons (Fsp3) is 0.278. The minimum absolute atomic E-state index is 1.08. The van der Waals surface area contributed by atoms with E-state index in [4.69, 9.17) is 0 Å². The number of aromatic nitrogens is 1. The molecule has 0 spiro atoms. The van der Waals surface area contributed by atoms with Crippen LogP contribution >= 0.6 is 0 Å². The van der Waals surface area contributed by atoms with E-state index in [0.29, 0.717) is 0 Å². The highest BCUT2D eigenvalue weighted by Crippen LogP contribution is 2.23. The number of hydrogen-bond acceptors (Lipinski definition) is 1. The van der Waals surface area contributed by atoms with Crippen LogP contribution in [0.25, 0.3) is 21.7 Å². The maximum Gasteiger partial charge on any atom is 0.0708 e. The van der Waals surface area contributed by atoms with E-state index in [1.54, 1.807) is 0 Å². The number of fused-ring (bicyclic) bond motifs is 2. The minimum atomic E-state index is 1.08. The molecule has 3 rings (SSSR count). The molecule has 0 radical (unpaired) electrons. The minimum Gasteiger partial charge on any atom is -0.256 e. The molecule has 0 fully saturated rings. The summed E-state index contributed by atoms with van der Waals surface area (Å²) in [5.41, 5.74) is 3.67. The summed E-state index contributed by atoms with van der Waals surface area (Å²) in [5, 5.41) is 3.81. The molecule has 0 saturated carbocycles. The van der Waals surface area contributed by atoms with Gasteiger partial charge in [-0.3, -0.25) is 4.98 Å². The normalized spacial score (nSPS) is 10.3. The van der Waals surface area contributed by atoms with E-state index in [-0.39, 0.29) is 0 Å². The third-order valence-electron chi connectivity index (χ3n) is 3.25. The van der Waals surface area contributed by atoms with Gasteiger partial charge in [0.1, 0.15) is 0 Å². The van der Waals surface area contributed by atoms with Gasteiger partial charge >= 0.3 is 0 Å². The van der Waals surface area contributed by atoms with E-state index in [9.17, 15) is 0 Å². The Morgan fingerprint density at radius 1 is 0.895 bits per heavy atom. The maximum atomic E-state index is 4.47. The number of aryl methyl sites for hydroxylation is 2. The molecule has 1 heteroatoms. The van der Waals surface area contributed by atoms with E-state index in [0.717, 1.165) is 11.9 Å². The van der Waals surface area contributed by atoms with Gasteiger partial charge in [0.2, 0.25) is 0 Å². The van der Waals surface area contributed by atoms with Crippen LogP contribution in [-0.4, -0.2) is 4.98 Å². The number of hydrogen-bond donors (Lipinski definition) is 0. The SMILES string of the molecule is CC.CCc1ccc2cc3ncc(C)cc3cc2c1. The molecule has 0 aliphatic heterocycles. The fourth-order valence-electron chi connectivity index (χ4n) is 2.25. The summed E-state index contributed by atoms with van der Waals surface area (Å²) in [6.07, 6.45) is 3.01. The first kappa shape index (κ1) is 13.5. The van der Waals surface area contributed by atoms with Crippen molar-refractivity contribution in [3.63, 3.8) is 0 Å². The van der Waals surface area contributed by atoms with Crippen LogP contribution in [0, 0.1) is 6.92 Å². The zero-order chi connectivity index (χ0) is 13.8. The lowest BCUT2D eigenvalue weighted by Crippen LogP contribution is -1.84. The second-order valence-corrected chi connectivity index (χ2v) is 4.59. The molecule has 3 aromatic rings. The molecule has 0 N–H and O–H groups in total. The van der Waals surface area contributed by atoms with Gasteiger partial charge in [0.15, 0.2) is 0 Å². The molecule has 0 atom stereocenters. The lowest BCUT2D eigenvalue weighted by atomic mass is 10.0. The van der Waals surface area contributed by atoms with Crippen molar-refractivity contribution < 1.29 is 0 Å². The molecule has 98 valence electrons. The van der Waals surface area contributed by atoms with Crippen LogP contribution in [0.15, 0.2) is 42.6 Å². The number of pyridine rings is 1. The van der Waals surface area contributed by atoms with Gasteiger partial charge < -0.3 is 0 Å². The topological polar surface area (TPSA) is 12.9 Å². The molecular formula is C18H21N. The van der Waals surface area contributed by atoms with Crippen LogP contribution in [0.3, 0.4) is 0 Å². The Bertz CT molecular complexity index is 698. The van der Waals surface area contributed by atoms with Crippen LogP contribution in [0.1, 0.15) is 31.9 Å². The highest BCUT2D eigenvalue weighted by Gasteiger charge is 2.00. The van der Waals surface area contributed by atoms with Crippen molar-refractivity contribution in [3.8, 4) is 0 Å². The molecule has 0 unspecified atom stereocenters. The first-order valence-electron chi connectivity index (χ1n) is 7.05. The van der Waals surface area contributed by atoms with Gasteiger partial charge in [-0.2, -0.15) is 0 Å². The average molecular weight is 251 g/mol. The Hall–Kier alpha value is -1.89. The van der Waals surface area contributed by atoms with Gasteiger partial charge in [-0.25, -0.2) is 0 Å². The van der Waals surface area contributed by atoms with Crippen LogP contribution in [0.4, 0.5) is 0 Å². The Balaban J connectivity index is 0.000000637. The second kappa shape index (κ2) is 5.83. The van der Waals surface area contributed by atoms with Crippen LogP contribution < -0.4 is 0 Å². The summed E-state index contributed by atoms with van der Waals surface area (Å²) in [7, 11) is 0. The van der Waals surface area contributed by atoms with Crippen molar-refractivity contribution in [1.29, 1.82) is 0 Å². The Kier molecular flexibility index (Phi) is 4.16. The quantitative estimate of drug-likeness (QED) is 0.536. The van der Waals surface area contributed by atoms with Crippen LogP contribution in [0.2, 0.25) is 0 Å². The Morgan fingerprint density at radius 2 is 1.68 bits per heavy atom. The summed E-state index contributed by atoms with van der Waals surface area (Å²) < 4.78 is 0. The Morgan fingerprint density at radius 3 is 2.42 bits per heavy atom. The standard InChI is InChI=1S/C16H15N.C2H6/c1-3-12-4-5-13-9-16-15(8-14(13)7-12)6-11(2)10-17-16;1-2/h4-10H,3H2,1-2H3;1-2H3. The van der Waals surface area contributed by atoms with Gasteiger partial charge in [0.25, 0.3) is 0 Å². The number of nitrogens with zero attached hydrogens (tertiary/aromatic N) is 1. The second-order valence-electron chi connectivity index (χ2n) is 4.59. The molecular weight excluding hydrogens is 230 g/mol. The van der Waals surface area contributed by atoms with Crippen molar-refractivity contribution in [2.75, 3.05) is 0 Å². The Labute approximate surface area is 115 Å². The van der Waals surface area contributed by atoms with Crippen molar-refractivity contribution in [2.24, 2.45) is 0 Å². The zero-order valence-electron chi connectivity index (χ0n) is 12.2. The molecule has 0 aliphatic rings. The number of benzene rings is 2. The predicted octanol–water partition coefficient (Wildman–Crippen LogP) is 5.29. The third-order valence-corrected chi connectivity index (χ3v) is 3.25. The summed E-state index contributed by atoms with van der Waals surface area (Å²) in [6, 6.07) is 13.3. The number of rotatable bonds is 1. The van der Waals surface area contributed by atoms with Crippen molar-refractivity contribution in [3.05, 3.63) is 53.7 Å². The summed E-state index contributed by atoms with van der Waals surface area (Å²) in [4.78, 5) is 4.47. The van der Waals surface area contributed by atoms with Crippen molar-refractivity contribution in [1.82, 2.24) is 4.98 Å². The van der Waals surface area contributed by atoms with Gasteiger partial charge in [0, 0.05) is 11.6 Å². The van der Waals surface area contributed by atoms with E-state index in [1.807, 2.05) is 20.0 Å². The third kappa shape index (κ3) is 2.76. The van der Waals surface area contributed by atoms with Gasteiger partial charge in [-0.05, 0) is 53.4 Å². The van der Waals surface area contributed by atoms with E-state index < -0.39 is 0 Å². The van der Waals surface area contributed by atoms with Gasteiger partial charge in [-0.1, -0.05) is 39.0 Å². The van der Waals surface area contributed by atoms with Crippen LogP contribution in [0.5, 0.6) is 0 Å². The molecule has 1 aromatic heterocycles. The van der Waals surface area contributed by atoms with E-state index >= 15 is 0 Å². The molecule has 19 heavy (non-hydrogen) atoms. The molecule has 2 aromatic carbocycles. The summed E-state index contributed by atoms with van der Waals surface area (Å²) >= 11 is 0. The monoisotopic (exact) mass is 251 g/mol. The molecule has 0 amide bonds. The smallest absolute Gasteiger partial charge is 0.0708 e. The lowest BCUT2D eigenvalue weighted by molar-refractivity contribution is 1.15. The van der Waals surface area contributed by atoms with E-state index in [1.165, 1.54) is 27.3 Å². The molecule has 1 nitrogen and oxygen atoms in total. The van der Waals surface area contributed by atoms with E-state index in [2.05, 4.69) is 55.2 Å². The molecule has 1 heterocycles. The molecule has 0 saturated heterocycles. The summed E-state index contributed by atoms with van der Waals surface area (Å²) in [5.74, 6) is 0. The molecule has 0 aliphatic carbocycles. The average Bonchev–Trinajstić information content (AvgIpc) is 2.46. The first-order chi connectivity index (χ1) is 9.26. The largest absolute Gasteiger partial charge is 0.256 e. The molecule has 0 bridgehead atoms. The van der Waals surface area contributed by atoms with Crippen molar-refractivity contribution >= 4 is 21.7 Å². The van der Waals surface area contributed by atoms with Crippen molar-refractivity contribution in [2.45, 2.75) is 34.1 Å². The van der Waals surface area contributed by atoms with Gasteiger partial charge in [0.05, 0.1) is 5.52 Å². The first-order valence-corrected chi connectivity index (χ1v) is 7.05. The fourth-order valence-corrected chi connectivity index (χ4v) is 2.25. The zero-order valence-corrected chi connectivity index (χ0v) is 12.2. The maximum absolute atomic E-state index is 4.47. The highest BCUT2D eigenvalue weighted by atomic mass is 14.6. The van der Waals surface area contributed by atoms with Gasteiger partial charge in [-0.15, -0.1) is 0 Å². The predicted molar refractivity (Wildman–Crippen MR) is 84.7 cm³/mol. The lowest BCUT2D eigenvalue weighted by Gasteiger charge is -2.04. The highest BCUT2D eigenvalue weighted by molar-refractivity contribution is 5.96.